The Bertz CT molecular complexity index is 514. The average molecular weight is 287 g/mol. The maximum atomic E-state index is 12.3. The van der Waals surface area contributed by atoms with Crippen LogP contribution in [0.5, 0.6) is 5.75 Å². The summed E-state index contributed by atoms with van der Waals surface area (Å²) in [7, 11) is 0. The molecule has 1 aliphatic heterocycles. The Balaban J connectivity index is 2.24. The molecule has 0 saturated heterocycles. The van der Waals surface area contributed by atoms with E-state index < -0.39 is 6.36 Å². The van der Waals surface area contributed by atoms with E-state index in [0.717, 1.165) is 6.42 Å². The van der Waals surface area contributed by atoms with Crippen LogP contribution in [0.2, 0.25) is 0 Å². The first-order valence-corrected chi connectivity index (χ1v) is 6.51. The molecule has 0 radical (unpaired) electrons. The molecule has 1 heterocycles. The van der Waals surface area contributed by atoms with E-state index in [-0.39, 0.29) is 17.7 Å². The van der Waals surface area contributed by atoms with Gasteiger partial charge in [0.2, 0.25) is 0 Å². The summed E-state index contributed by atoms with van der Waals surface area (Å²) in [5, 5.41) is 0. The number of benzene rings is 1. The number of nitrogens with zero attached hydrogens (tertiary/aromatic N) is 1. The molecule has 0 spiro atoms. The molecule has 1 unspecified atom stereocenters. The zero-order valence-corrected chi connectivity index (χ0v) is 11.3. The lowest BCUT2D eigenvalue weighted by atomic mass is 9.97. The van der Waals surface area contributed by atoms with Gasteiger partial charge >= 0.3 is 6.36 Å². The van der Waals surface area contributed by atoms with E-state index >= 15 is 0 Å². The standard InChI is InChI=1S/C14H16F3NO2/c1-3-9(2)18-7-6-10-8-11(20-14(15,16)17)4-5-12(10)13(18)19/h4-5,8-9H,3,6-7H2,1-2H3. The number of carbonyl (C=O) groups excluding carboxylic acids is 1. The maximum Gasteiger partial charge on any atom is 0.573 e. The third-order valence-electron chi connectivity index (χ3n) is 3.55. The van der Waals surface area contributed by atoms with Gasteiger partial charge in [-0.2, -0.15) is 0 Å². The Morgan fingerprint density at radius 1 is 1.40 bits per heavy atom. The molecule has 2 rings (SSSR count). The van der Waals surface area contributed by atoms with Crippen LogP contribution in [0.4, 0.5) is 13.2 Å². The lowest BCUT2D eigenvalue weighted by Gasteiger charge is -2.33. The first-order chi connectivity index (χ1) is 9.31. The fourth-order valence-corrected chi connectivity index (χ4v) is 2.32. The van der Waals surface area contributed by atoms with Gasteiger partial charge in [-0.1, -0.05) is 6.92 Å². The van der Waals surface area contributed by atoms with E-state index in [2.05, 4.69) is 4.74 Å². The highest BCUT2D eigenvalue weighted by Crippen LogP contribution is 2.28. The van der Waals surface area contributed by atoms with E-state index in [9.17, 15) is 18.0 Å². The Hall–Kier alpha value is -1.72. The van der Waals surface area contributed by atoms with Gasteiger partial charge in [0.1, 0.15) is 5.75 Å². The van der Waals surface area contributed by atoms with Gasteiger partial charge in [0.25, 0.3) is 5.91 Å². The number of halogens is 3. The number of amides is 1. The van der Waals surface area contributed by atoms with Gasteiger partial charge in [0.15, 0.2) is 0 Å². The van der Waals surface area contributed by atoms with Crippen LogP contribution in [0.15, 0.2) is 18.2 Å². The van der Waals surface area contributed by atoms with E-state index in [1.54, 1.807) is 4.90 Å². The minimum atomic E-state index is -4.71. The highest BCUT2D eigenvalue weighted by atomic mass is 19.4. The second-order valence-electron chi connectivity index (χ2n) is 4.87. The maximum absolute atomic E-state index is 12.3. The Labute approximate surface area is 115 Å². The molecule has 20 heavy (non-hydrogen) atoms. The predicted octanol–water partition coefficient (Wildman–Crippen LogP) is 3.38. The van der Waals surface area contributed by atoms with Gasteiger partial charge < -0.3 is 9.64 Å². The van der Waals surface area contributed by atoms with Crippen LogP contribution < -0.4 is 4.74 Å². The lowest BCUT2D eigenvalue weighted by Crippen LogP contribution is -2.43. The molecule has 1 aromatic rings. The Kier molecular flexibility index (Phi) is 3.92. The van der Waals surface area contributed by atoms with Crippen molar-refractivity contribution in [1.29, 1.82) is 0 Å². The average Bonchev–Trinajstić information content (AvgIpc) is 2.36. The number of carbonyl (C=O) groups is 1. The number of alkyl halides is 3. The second kappa shape index (κ2) is 5.34. The van der Waals surface area contributed by atoms with Gasteiger partial charge in [-0.3, -0.25) is 4.79 Å². The Morgan fingerprint density at radius 2 is 2.10 bits per heavy atom. The van der Waals surface area contributed by atoms with E-state index in [1.807, 2.05) is 13.8 Å². The van der Waals surface area contributed by atoms with Crippen molar-refractivity contribution in [1.82, 2.24) is 4.90 Å². The van der Waals surface area contributed by atoms with Gasteiger partial charge in [0, 0.05) is 18.2 Å². The van der Waals surface area contributed by atoms with Gasteiger partial charge in [0.05, 0.1) is 0 Å². The van der Waals surface area contributed by atoms with Crippen molar-refractivity contribution in [2.45, 2.75) is 39.1 Å². The largest absolute Gasteiger partial charge is 0.573 e. The molecule has 3 nitrogen and oxygen atoms in total. The lowest BCUT2D eigenvalue weighted by molar-refractivity contribution is -0.274. The summed E-state index contributed by atoms with van der Waals surface area (Å²) in [4.78, 5) is 14.0. The normalized spacial score (nSPS) is 16.9. The molecule has 0 aliphatic carbocycles. The first-order valence-electron chi connectivity index (χ1n) is 6.51. The smallest absolute Gasteiger partial charge is 0.406 e. The number of fused-ring (bicyclic) bond motifs is 1. The number of ether oxygens (including phenoxy) is 1. The quantitative estimate of drug-likeness (QED) is 0.853. The van der Waals surface area contributed by atoms with Crippen LogP contribution in [-0.2, 0) is 6.42 Å². The number of rotatable bonds is 3. The zero-order valence-electron chi connectivity index (χ0n) is 11.3. The predicted molar refractivity (Wildman–Crippen MR) is 67.6 cm³/mol. The van der Waals surface area contributed by atoms with Crippen LogP contribution in [0.25, 0.3) is 0 Å². The summed E-state index contributed by atoms with van der Waals surface area (Å²) >= 11 is 0. The number of hydrogen-bond acceptors (Lipinski definition) is 2. The van der Waals surface area contributed by atoms with Crippen molar-refractivity contribution < 1.29 is 22.7 Å². The van der Waals surface area contributed by atoms with Crippen molar-refractivity contribution in [2.24, 2.45) is 0 Å². The van der Waals surface area contributed by atoms with Gasteiger partial charge in [-0.15, -0.1) is 13.2 Å². The summed E-state index contributed by atoms with van der Waals surface area (Å²) in [6.45, 7) is 4.48. The van der Waals surface area contributed by atoms with Crippen LogP contribution in [0.1, 0.15) is 36.2 Å². The van der Waals surface area contributed by atoms with Gasteiger partial charge in [-0.05, 0) is 43.5 Å². The molecule has 0 saturated carbocycles. The summed E-state index contributed by atoms with van der Waals surface area (Å²) < 4.78 is 40.4. The van der Waals surface area contributed by atoms with E-state index in [0.29, 0.717) is 24.1 Å². The third-order valence-corrected chi connectivity index (χ3v) is 3.55. The fourth-order valence-electron chi connectivity index (χ4n) is 2.32. The molecule has 1 amide bonds. The molecular weight excluding hydrogens is 271 g/mol. The monoisotopic (exact) mass is 287 g/mol. The van der Waals surface area contributed by atoms with Gasteiger partial charge in [-0.25, -0.2) is 0 Å². The summed E-state index contributed by atoms with van der Waals surface area (Å²) in [6, 6.07) is 4.02. The highest BCUT2D eigenvalue weighted by molar-refractivity contribution is 5.97. The molecule has 0 N–H and O–H groups in total. The van der Waals surface area contributed by atoms with Crippen LogP contribution >= 0.6 is 0 Å². The molecule has 1 aliphatic rings. The minimum absolute atomic E-state index is 0.126. The molecule has 110 valence electrons. The van der Waals surface area contributed by atoms with E-state index in [4.69, 9.17) is 0 Å². The molecule has 1 aromatic carbocycles. The van der Waals surface area contributed by atoms with Crippen molar-refractivity contribution in [3.8, 4) is 5.75 Å². The van der Waals surface area contributed by atoms with E-state index in [1.165, 1.54) is 18.2 Å². The SMILES string of the molecule is CCC(C)N1CCc2cc(OC(F)(F)F)ccc2C1=O. The fraction of sp³-hybridized carbons (Fsp3) is 0.500. The van der Waals surface area contributed by atoms with Crippen molar-refractivity contribution in [3.05, 3.63) is 29.3 Å². The molecular formula is C14H16F3NO2. The van der Waals surface area contributed by atoms with Crippen LogP contribution in [0.3, 0.4) is 0 Å². The summed E-state index contributed by atoms with van der Waals surface area (Å²) in [5.41, 5.74) is 1.07. The third kappa shape index (κ3) is 3.05. The first kappa shape index (κ1) is 14.7. The summed E-state index contributed by atoms with van der Waals surface area (Å²) in [6.07, 6.45) is -3.33. The topological polar surface area (TPSA) is 29.5 Å². The minimum Gasteiger partial charge on any atom is -0.406 e. The van der Waals surface area contributed by atoms with Crippen molar-refractivity contribution in [2.75, 3.05) is 6.54 Å². The highest BCUT2D eigenvalue weighted by Gasteiger charge is 2.32. The molecule has 6 heteroatoms. The number of hydrogen-bond donors (Lipinski definition) is 0. The molecule has 0 aromatic heterocycles. The molecule has 0 bridgehead atoms. The molecule has 0 fully saturated rings. The summed E-state index contributed by atoms with van der Waals surface area (Å²) in [5.74, 6) is -0.403. The Morgan fingerprint density at radius 3 is 2.70 bits per heavy atom. The van der Waals surface area contributed by atoms with Crippen molar-refractivity contribution in [3.63, 3.8) is 0 Å². The zero-order chi connectivity index (χ0) is 14.9. The second-order valence-corrected chi connectivity index (χ2v) is 4.87. The molecule has 1 atom stereocenters. The van der Waals surface area contributed by atoms with Crippen LogP contribution in [0, 0.1) is 0 Å². The van der Waals surface area contributed by atoms with Crippen LogP contribution in [-0.4, -0.2) is 29.8 Å². The van der Waals surface area contributed by atoms with Crippen molar-refractivity contribution >= 4 is 5.91 Å².